The number of amides is 2. The van der Waals surface area contributed by atoms with Crippen molar-refractivity contribution in [2.24, 2.45) is 0 Å². The van der Waals surface area contributed by atoms with Crippen molar-refractivity contribution in [2.75, 3.05) is 20.2 Å². The summed E-state index contributed by atoms with van der Waals surface area (Å²) in [6.07, 6.45) is 0.199. The monoisotopic (exact) mass is 266 g/mol. The molecule has 2 amide bonds. The lowest BCUT2D eigenvalue weighted by Crippen LogP contribution is -2.30. The number of methoxy groups -OCH3 is 1. The predicted molar refractivity (Wildman–Crippen MR) is 70.3 cm³/mol. The van der Waals surface area contributed by atoms with Gasteiger partial charge in [0.25, 0.3) is 5.91 Å². The fourth-order valence-electron chi connectivity index (χ4n) is 1.54. The van der Waals surface area contributed by atoms with Gasteiger partial charge in [-0.1, -0.05) is 6.07 Å². The summed E-state index contributed by atoms with van der Waals surface area (Å²) in [6.45, 7) is 2.59. The van der Waals surface area contributed by atoms with Crippen molar-refractivity contribution in [1.29, 1.82) is 0 Å². The minimum absolute atomic E-state index is 0.121. The summed E-state index contributed by atoms with van der Waals surface area (Å²) in [5.74, 6) is -0.546. The van der Waals surface area contributed by atoms with Crippen LogP contribution in [0.4, 0.5) is 0 Å². The molecule has 0 radical (unpaired) electrons. The topological polar surface area (TPSA) is 87.7 Å². The fourth-order valence-corrected chi connectivity index (χ4v) is 1.54. The number of hydrogen-bond donors (Lipinski definition) is 3. The lowest BCUT2D eigenvalue weighted by molar-refractivity contribution is -0.120. The maximum atomic E-state index is 11.8. The molecule has 0 bridgehead atoms. The first-order chi connectivity index (χ1) is 9.10. The zero-order valence-electron chi connectivity index (χ0n) is 11.0. The van der Waals surface area contributed by atoms with Gasteiger partial charge in [0, 0.05) is 19.5 Å². The van der Waals surface area contributed by atoms with Crippen molar-refractivity contribution in [3.05, 3.63) is 23.8 Å². The zero-order chi connectivity index (χ0) is 14.3. The number of phenols is 1. The summed E-state index contributed by atoms with van der Waals surface area (Å²) in [5, 5.41) is 15.0. The second-order valence-electron chi connectivity index (χ2n) is 3.82. The van der Waals surface area contributed by atoms with E-state index in [0.717, 1.165) is 0 Å². The van der Waals surface area contributed by atoms with Crippen LogP contribution in [0.1, 0.15) is 23.7 Å². The molecule has 0 saturated carbocycles. The minimum Gasteiger partial charge on any atom is -0.504 e. The van der Waals surface area contributed by atoms with E-state index in [1.54, 1.807) is 12.1 Å². The van der Waals surface area contributed by atoms with E-state index in [1.807, 2.05) is 6.92 Å². The average Bonchev–Trinajstić information content (AvgIpc) is 2.39. The molecule has 0 heterocycles. The molecule has 0 aromatic heterocycles. The molecular weight excluding hydrogens is 248 g/mol. The molecule has 0 spiro atoms. The first-order valence-corrected chi connectivity index (χ1v) is 6.01. The lowest BCUT2D eigenvalue weighted by Gasteiger charge is -2.09. The number of carbonyl (C=O) groups is 2. The van der Waals surface area contributed by atoms with Crippen molar-refractivity contribution < 1.29 is 19.4 Å². The molecule has 0 aliphatic rings. The van der Waals surface area contributed by atoms with Crippen LogP contribution in [0.15, 0.2) is 18.2 Å². The quantitative estimate of drug-likeness (QED) is 0.705. The highest BCUT2D eigenvalue weighted by Gasteiger charge is 2.14. The number of para-hydroxylation sites is 1. The Morgan fingerprint density at radius 2 is 2.05 bits per heavy atom. The Labute approximate surface area is 111 Å². The Balaban J connectivity index is 2.57. The van der Waals surface area contributed by atoms with Gasteiger partial charge in [-0.05, 0) is 19.1 Å². The molecular formula is C13H18N2O4. The summed E-state index contributed by atoms with van der Waals surface area (Å²) in [5.41, 5.74) is 0.121. The molecule has 19 heavy (non-hydrogen) atoms. The number of aromatic hydroxyl groups is 1. The molecule has 0 saturated heterocycles. The SMILES string of the molecule is CCNC(=O)CCNC(=O)c1cccc(OC)c1O. The van der Waals surface area contributed by atoms with E-state index < -0.39 is 5.91 Å². The van der Waals surface area contributed by atoms with Crippen LogP contribution in [0.2, 0.25) is 0 Å². The molecule has 1 aromatic rings. The van der Waals surface area contributed by atoms with Gasteiger partial charge in [-0.15, -0.1) is 0 Å². The third-order valence-electron chi connectivity index (χ3n) is 2.48. The summed E-state index contributed by atoms with van der Waals surface area (Å²) >= 11 is 0. The largest absolute Gasteiger partial charge is 0.504 e. The highest BCUT2D eigenvalue weighted by molar-refractivity contribution is 5.97. The smallest absolute Gasteiger partial charge is 0.255 e. The van der Waals surface area contributed by atoms with Crippen LogP contribution < -0.4 is 15.4 Å². The van der Waals surface area contributed by atoms with Crippen LogP contribution >= 0.6 is 0 Å². The van der Waals surface area contributed by atoms with Crippen molar-refractivity contribution in [1.82, 2.24) is 10.6 Å². The van der Waals surface area contributed by atoms with E-state index in [2.05, 4.69) is 10.6 Å². The Hall–Kier alpha value is -2.24. The molecule has 6 nitrogen and oxygen atoms in total. The molecule has 3 N–H and O–H groups in total. The second kappa shape index (κ2) is 7.25. The Morgan fingerprint density at radius 1 is 1.32 bits per heavy atom. The Morgan fingerprint density at radius 3 is 2.68 bits per heavy atom. The average molecular weight is 266 g/mol. The van der Waals surface area contributed by atoms with Crippen LogP contribution in [-0.4, -0.2) is 37.1 Å². The van der Waals surface area contributed by atoms with E-state index >= 15 is 0 Å². The molecule has 1 rings (SSSR count). The second-order valence-corrected chi connectivity index (χ2v) is 3.82. The maximum Gasteiger partial charge on any atom is 0.255 e. The van der Waals surface area contributed by atoms with Crippen LogP contribution in [-0.2, 0) is 4.79 Å². The summed E-state index contributed by atoms with van der Waals surface area (Å²) < 4.78 is 4.92. The first-order valence-electron chi connectivity index (χ1n) is 6.01. The Kier molecular flexibility index (Phi) is 5.66. The van der Waals surface area contributed by atoms with Crippen molar-refractivity contribution in [2.45, 2.75) is 13.3 Å². The van der Waals surface area contributed by atoms with Gasteiger partial charge in [0.15, 0.2) is 11.5 Å². The fraction of sp³-hybridized carbons (Fsp3) is 0.385. The van der Waals surface area contributed by atoms with Crippen molar-refractivity contribution in [3.63, 3.8) is 0 Å². The third-order valence-corrected chi connectivity index (χ3v) is 2.48. The normalized spacial score (nSPS) is 9.79. The highest BCUT2D eigenvalue weighted by Crippen LogP contribution is 2.28. The van der Waals surface area contributed by atoms with Gasteiger partial charge >= 0.3 is 0 Å². The summed E-state index contributed by atoms with van der Waals surface area (Å²) in [4.78, 5) is 23.0. The van der Waals surface area contributed by atoms with Gasteiger partial charge in [-0.2, -0.15) is 0 Å². The molecule has 6 heteroatoms. The number of benzene rings is 1. The van der Waals surface area contributed by atoms with E-state index in [4.69, 9.17) is 4.74 Å². The van der Waals surface area contributed by atoms with Gasteiger partial charge < -0.3 is 20.5 Å². The summed E-state index contributed by atoms with van der Waals surface area (Å²) in [6, 6.07) is 4.65. The van der Waals surface area contributed by atoms with E-state index in [9.17, 15) is 14.7 Å². The molecule has 104 valence electrons. The maximum absolute atomic E-state index is 11.8. The number of hydrogen-bond acceptors (Lipinski definition) is 4. The van der Waals surface area contributed by atoms with Crippen LogP contribution in [0.25, 0.3) is 0 Å². The van der Waals surface area contributed by atoms with Gasteiger partial charge in [0.2, 0.25) is 5.91 Å². The number of nitrogens with one attached hydrogen (secondary N) is 2. The van der Waals surface area contributed by atoms with Crippen molar-refractivity contribution in [3.8, 4) is 11.5 Å². The molecule has 0 fully saturated rings. The van der Waals surface area contributed by atoms with E-state index in [0.29, 0.717) is 6.54 Å². The van der Waals surface area contributed by atoms with Crippen LogP contribution in [0.3, 0.4) is 0 Å². The standard InChI is InChI=1S/C13H18N2O4/c1-3-14-11(16)7-8-15-13(18)9-5-4-6-10(19-2)12(9)17/h4-6,17H,3,7-8H2,1-2H3,(H,14,16)(H,15,18). The third kappa shape index (κ3) is 4.17. The summed E-state index contributed by atoms with van der Waals surface area (Å²) in [7, 11) is 1.41. The predicted octanol–water partition coefficient (Wildman–Crippen LogP) is 0.657. The van der Waals surface area contributed by atoms with E-state index in [-0.39, 0.29) is 35.9 Å². The lowest BCUT2D eigenvalue weighted by atomic mass is 10.1. The number of rotatable bonds is 6. The van der Waals surface area contributed by atoms with E-state index in [1.165, 1.54) is 13.2 Å². The molecule has 0 aliphatic carbocycles. The Bertz CT molecular complexity index is 460. The zero-order valence-corrected chi connectivity index (χ0v) is 11.0. The molecule has 0 atom stereocenters. The van der Waals surface area contributed by atoms with Gasteiger partial charge in [0.05, 0.1) is 12.7 Å². The molecule has 1 aromatic carbocycles. The van der Waals surface area contributed by atoms with Gasteiger partial charge in [0.1, 0.15) is 0 Å². The minimum atomic E-state index is -0.444. The van der Waals surface area contributed by atoms with Gasteiger partial charge in [-0.3, -0.25) is 9.59 Å². The van der Waals surface area contributed by atoms with Gasteiger partial charge in [-0.25, -0.2) is 0 Å². The highest BCUT2D eigenvalue weighted by atomic mass is 16.5. The molecule has 0 unspecified atom stereocenters. The van der Waals surface area contributed by atoms with Crippen LogP contribution in [0, 0.1) is 0 Å². The molecule has 0 aliphatic heterocycles. The number of phenolic OH excluding ortho intramolecular Hbond substituents is 1. The van der Waals surface area contributed by atoms with Crippen LogP contribution in [0.5, 0.6) is 11.5 Å². The first kappa shape index (κ1) is 14.8. The number of carbonyl (C=O) groups excluding carboxylic acids is 2. The number of ether oxygens (including phenoxy) is 1. The van der Waals surface area contributed by atoms with Crippen molar-refractivity contribution >= 4 is 11.8 Å².